The SMILES string of the molecule is COC(=O)Nc1cc(SC2CCCCO2)cc(C)c1C(=O)OC. The van der Waals surface area contributed by atoms with Crippen LogP contribution < -0.4 is 5.32 Å². The van der Waals surface area contributed by atoms with E-state index >= 15 is 0 Å². The van der Waals surface area contributed by atoms with E-state index in [1.54, 1.807) is 24.8 Å². The number of hydrogen-bond acceptors (Lipinski definition) is 6. The van der Waals surface area contributed by atoms with Crippen molar-refractivity contribution in [3.63, 3.8) is 0 Å². The Morgan fingerprint density at radius 2 is 2.04 bits per heavy atom. The van der Waals surface area contributed by atoms with Gasteiger partial charge in [0.15, 0.2) is 0 Å². The molecule has 1 heterocycles. The minimum Gasteiger partial charge on any atom is -0.465 e. The molecule has 23 heavy (non-hydrogen) atoms. The van der Waals surface area contributed by atoms with Gasteiger partial charge in [0, 0.05) is 11.5 Å². The lowest BCUT2D eigenvalue weighted by Crippen LogP contribution is -2.17. The fraction of sp³-hybridized carbons (Fsp3) is 0.500. The van der Waals surface area contributed by atoms with Gasteiger partial charge in [-0.3, -0.25) is 5.32 Å². The lowest BCUT2D eigenvalue weighted by Gasteiger charge is -2.22. The molecule has 1 aliphatic heterocycles. The molecule has 1 N–H and O–H groups in total. The van der Waals surface area contributed by atoms with Gasteiger partial charge in [0.1, 0.15) is 5.44 Å². The molecule has 0 aliphatic carbocycles. The first-order valence-corrected chi connectivity index (χ1v) is 8.29. The number of carbonyl (C=O) groups excluding carboxylic acids is 2. The Morgan fingerprint density at radius 3 is 2.65 bits per heavy atom. The molecule has 0 radical (unpaired) electrons. The second kappa shape index (κ2) is 8.21. The highest BCUT2D eigenvalue weighted by molar-refractivity contribution is 7.99. The van der Waals surface area contributed by atoms with Gasteiger partial charge >= 0.3 is 12.1 Å². The number of anilines is 1. The van der Waals surface area contributed by atoms with Crippen molar-refractivity contribution in [3.8, 4) is 0 Å². The van der Waals surface area contributed by atoms with Crippen LogP contribution in [0.4, 0.5) is 10.5 Å². The largest absolute Gasteiger partial charge is 0.465 e. The maximum atomic E-state index is 12.0. The molecular weight excluding hydrogens is 318 g/mol. The van der Waals surface area contributed by atoms with Crippen molar-refractivity contribution in [2.24, 2.45) is 0 Å². The van der Waals surface area contributed by atoms with Crippen LogP contribution in [0.3, 0.4) is 0 Å². The zero-order chi connectivity index (χ0) is 16.8. The first-order chi connectivity index (χ1) is 11.0. The van der Waals surface area contributed by atoms with Crippen LogP contribution in [-0.4, -0.2) is 38.3 Å². The van der Waals surface area contributed by atoms with E-state index in [4.69, 9.17) is 9.47 Å². The number of benzene rings is 1. The Bertz CT molecular complexity index is 584. The van der Waals surface area contributed by atoms with Crippen molar-refractivity contribution in [2.75, 3.05) is 26.1 Å². The highest BCUT2D eigenvalue weighted by atomic mass is 32.2. The van der Waals surface area contributed by atoms with Gasteiger partial charge in [-0.1, -0.05) is 11.8 Å². The van der Waals surface area contributed by atoms with Crippen LogP contribution in [0, 0.1) is 6.92 Å². The summed E-state index contributed by atoms with van der Waals surface area (Å²) < 4.78 is 15.1. The normalized spacial score (nSPS) is 17.4. The fourth-order valence-corrected chi connectivity index (χ4v) is 3.59. The lowest BCUT2D eigenvalue weighted by atomic mass is 10.1. The molecule has 6 nitrogen and oxygen atoms in total. The standard InChI is InChI=1S/C16H21NO5S/c1-10-8-11(23-13-6-4-5-7-22-13)9-12(17-16(19)21-3)14(10)15(18)20-2/h8-9,13H,4-7H2,1-3H3,(H,17,19). The average Bonchev–Trinajstić information content (AvgIpc) is 2.54. The predicted molar refractivity (Wildman–Crippen MR) is 88.0 cm³/mol. The number of carbonyl (C=O) groups is 2. The van der Waals surface area contributed by atoms with E-state index < -0.39 is 12.1 Å². The Morgan fingerprint density at radius 1 is 1.26 bits per heavy atom. The van der Waals surface area contributed by atoms with Crippen LogP contribution in [0.1, 0.15) is 35.2 Å². The Kier molecular flexibility index (Phi) is 6.29. The van der Waals surface area contributed by atoms with Gasteiger partial charge in [-0.2, -0.15) is 0 Å². The van der Waals surface area contributed by atoms with Gasteiger partial charge in [-0.15, -0.1) is 0 Å². The zero-order valence-corrected chi connectivity index (χ0v) is 14.3. The van der Waals surface area contributed by atoms with Gasteiger partial charge in [0.05, 0.1) is 25.5 Å². The molecule has 1 unspecified atom stereocenters. The monoisotopic (exact) mass is 339 g/mol. The molecule has 0 bridgehead atoms. The molecule has 0 spiro atoms. The van der Waals surface area contributed by atoms with Crippen molar-refractivity contribution in [2.45, 2.75) is 36.5 Å². The maximum Gasteiger partial charge on any atom is 0.411 e. The molecule has 1 amide bonds. The maximum absolute atomic E-state index is 12.0. The molecule has 1 fully saturated rings. The number of amides is 1. The van der Waals surface area contributed by atoms with E-state index in [1.807, 2.05) is 6.07 Å². The molecule has 1 aromatic carbocycles. The quantitative estimate of drug-likeness (QED) is 0.845. The molecule has 7 heteroatoms. The first kappa shape index (κ1) is 17.6. The lowest BCUT2D eigenvalue weighted by molar-refractivity contribution is 0.0601. The number of aryl methyl sites for hydroxylation is 1. The van der Waals surface area contributed by atoms with E-state index in [2.05, 4.69) is 10.1 Å². The summed E-state index contributed by atoms with van der Waals surface area (Å²) in [6.07, 6.45) is 2.59. The van der Waals surface area contributed by atoms with Gasteiger partial charge < -0.3 is 14.2 Å². The van der Waals surface area contributed by atoms with Crippen molar-refractivity contribution >= 4 is 29.5 Å². The molecule has 0 saturated carbocycles. The molecule has 1 saturated heterocycles. The third-order valence-corrected chi connectivity index (χ3v) is 4.67. The third-order valence-electron chi connectivity index (χ3n) is 3.53. The summed E-state index contributed by atoms with van der Waals surface area (Å²) >= 11 is 1.59. The number of esters is 1. The summed E-state index contributed by atoms with van der Waals surface area (Å²) in [5, 5.41) is 2.58. The molecule has 1 aromatic rings. The van der Waals surface area contributed by atoms with E-state index in [0.717, 1.165) is 36.3 Å². The third kappa shape index (κ3) is 4.62. The highest BCUT2D eigenvalue weighted by Gasteiger charge is 2.21. The Labute approximate surface area is 139 Å². The van der Waals surface area contributed by atoms with Gasteiger partial charge in [-0.25, -0.2) is 9.59 Å². The minimum atomic E-state index is -0.634. The summed E-state index contributed by atoms with van der Waals surface area (Å²) in [5.41, 5.74) is 1.52. The number of rotatable bonds is 4. The van der Waals surface area contributed by atoms with E-state index in [9.17, 15) is 9.59 Å². The number of thioether (sulfide) groups is 1. The topological polar surface area (TPSA) is 73.9 Å². The molecule has 0 aromatic heterocycles. The Balaban J connectivity index is 2.30. The number of ether oxygens (including phenoxy) is 3. The minimum absolute atomic E-state index is 0.0955. The fourth-order valence-electron chi connectivity index (χ4n) is 2.41. The molecular formula is C16H21NO5S. The summed E-state index contributed by atoms with van der Waals surface area (Å²) in [7, 11) is 2.58. The van der Waals surface area contributed by atoms with Gasteiger partial charge in [0.25, 0.3) is 0 Å². The van der Waals surface area contributed by atoms with Crippen molar-refractivity contribution < 1.29 is 23.8 Å². The second-order valence-corrected chi connectivity index (χ2v) is 6.42. The smallest absolute Gasteiger partial charge is 0.411 e. The zero-order valence-electron chi connectivity index (χ0n) is 13.5. The number of methoxy groups -OCH3 is 2. The van der Waals surface area contributed by atoms with Crippen molar-refractivity contribution in [1.82, 2.24) is 0 Å². The van der Waals surface area contributed by atoms with E-state index in [-0.39, 0.29) is 5.44 Å². The highest BCUT2D eigenvalue weighted by Crippen LogP contribution is 2.34. The molecule has 1 atom stereocenters. The first-order valence-electron chi connectivity index (χ1n) is 7.41. The van der Waals surface area contributed by atoms with Crippen LogP contribution in [0.2, 0.25) is 0 Å². The summed E-state index contributed by atoms with van der Waals surface area (Å²) in [4.78, 5) is 24.4. The molecule has 1 aliphatic rings. The average molecular weight is 339 g/mol. The molecule has 2 rings (SSSR count). The van der Waals surface area contributed by atoms with E-state index in [0.29, 0.717) is 11.3 Å². The Hall–Kier alpha value is -1.73. The second-order valence-electron chi connectivity index (χ2n) is 5.18. The van der Waals surface area contributed by atoms with Gasteiger partial charge in [-0.05, 0) is 43.9 Å². The summed E-state index contributed by atoms with van der Waals surface area (Å²) in [6, 6.07) is 3.65. The number of hydrogen-bond donors (Lipinski definition) is 1. The van der Waals surface area contributed by atoms with Crippen molar-refractivity contribution in [1.29, 1.82) is 0 Å². The van der Waals surface area contributed by atoms with Crippen LogP contribution in [0.5, 0.6) is 0 Å². The summed E-state index contributed by atoms with van der Waals surface area (Å²) in [6.45, 7) is 2.57. The van der Waals surface area contributed by atoms with Crippen LogP contribution in [-0.2, 0) is 14.2 Å². The predicted octanol–water partition coefficient (Wildman–Crippen LogP) is 3.58. The summed E-state index contributed by atoms with van der Waals surface area (Å²) in [5.74, 6) is -0.501. The number of nitrogens with one attached hydrogen (secondary N) is 1. The van der Waals surface area contributed by atoms with Crippen LogP contribution in [0.15, 0.2) is 17.0 Å². The van der Waals surface area contributed by atoms with Crippen LogP contribution in [0.25, 0.3) is 0 Å². The van der Waals surface area contributed by atoms with Gasteiger partial charge in [0.2, 0.25) is 0 Å². The van der Waals surface area contributed by atoms with Crippen molar-refractivity contribution in [3.05, 3.63) is 23.3 Å². The molecule has 126 valence electrons. The van der Waals surface area contributed by atoms with Crippen LogP contribution >= 0.6 is 11.8 Å². The van der Waals surface area contributed by atoms with E-state index in [1.165, 1.54) is 14.2 Å².